The van der Waals surface area contributed by atoms with Crippen LogP contribution >= 0.6 is 0 Å². The van der Waals surface area contributed by atoms with Crippen molar-refractivity contribution in [3.05, 3.63) is 0 Å². The number of aliphatic carboxylic acids is 3. The molecule has 0 rings (SSSR count). The first kappa shape index (κ1) is 43.0. The number of carboxylic acids is 3. The van der Waals surface area contributed by atoms with Gasteiger partial charge < -0.3 is 29.7 Å². The van der Waals surface area contributed by atoms with E-state index in [1.54, 1.807) is 41.5 Å². The molecule has 0 amide bonds. The Morgan fingerprint density at radius 3 is 0.784 bits per heavy atom. The van der Waals surface area contributed by atoms with Crippen LogP contribution in [0.25, 0.3) is 0 Å². The van der Waals surface area contributed by atoms with E-state index < -0.39 is 34.2 Å². The van der Waals surface area contributed by atoms with Crippen LogP contribution < -0.4 is 15.3 Å². The number of carbonyl (C=O) groups is 3. The molecule has 0 saturated carbocycles. The molecule has 7 heteroatoms. The predicted molar refractivity (Wildman–Crippen MR) is 148 cm³/mol. The van der Waals surface area contributed by atoms with Gasteiger partial charge in [-0.05, 0) is 37.0 Å². The van der Waals surface area contributed by atoms with Gasteiger partial charge in [-0.3, -0.25) is 0 Å². The van der Waals surface area contributed by atoms with Crippen LogP contribution in [0.2, 0.25) is 0 Å². The van der Waals surface area contributed by atoms with Crippen molar-refractivity contribution in [1.29, 1.82) is 0 Å². The van der Waals surface area contributed by atoms with Crippen LogP contribution in [0.5, 0.6) is 0 Å². The number of hydrogen-bond donors (Lipinski definition) is 0. The molecule has 3 atom stereocenters. The summed E-state index contributed by atoms with van der Waals surface area (Å²) in [5.41, 5.74) is -2.06. The van der Waals surface area contributed by atoms with E-state index in [0.29, 0.717) is 0 Å². The van der Waals surface area contributed by atoms with E-state index in [2.05, 4.69) is 20.8 Å². The van der Waals surface area contributed by atoms with Crippen molar-refractivity contribution in [3.63, 3.8) is 0 Å². The average molecular weight is 541 g/mol. The van der Waals surface area contributed by atoms with Crippen LogP contribution in [0.15, 0.2) is 0 Å². The van der Waals surface area contributed by atoms with Crippen LogP contribution in [0.1, 0.15) is 141 Å². The number of unbranched alkanes of at least 4 members (excludes halogenated alkanes) is 3. The number of rotatable bonds is 15. The fourth-order valence-corrected chi connectivity index (χ4v) is 3.22. The third kappa shape index (κ3) is 17.2. The van der Waals surface area contributed by atoms with Crippen molar-refractivity contribution >= 4 is 35.3 Å². The second-order valence-electron chi connectivity index (χ2n) is 12.2. The minimum Gasteiger partial charge on any atom is -0.550 e. The van der Waals surface area contributed by atoms with E-state index in [1.807, 2.05) is 20.8 Å². The van der Waals surface area contributed by atoms with Gasteiger partial charge in [0.15, 0.2) is 0 Å². The molecule has 0 spiro atoms. The van der Waals surface area contributed by atoms with Gasteiger partial charge in [-0.1, -0.05) is 122 Å². The Kier molecular flexibility index (Phi) is 24.2. The molecule has 0 heterocycles. The molecule has 6 nitrogen and oxygen atoms in total. The van der Waals surface area contributed by atoms with Crippen molar-refractivity contribution in [2.75, 3.05) is 0 Å². The monoisotopic (exact) mass is 540 g/mol. The van der Waals surface area contributed by atoms with Gasteiger partial charge in [-0.2, -0.15) is 0 Å². The van der Waals surface area contributed by atoms with E-state index >= 15 is 0 Å². The zero-order valence-corrected chi connectivity index (χ0v) is 27.3. The maximum atomic E-state index is 10.7. The molecule has 0 aliphatic rings. The molecule has 0 aliphatic heterocycles. The zero-order chi connectivity index (χ0) is 29.3. The largest absolute Gasteiger partial charge is 3.00 e. The first-order chi connectivity index (χ1) is 16.3. The maximum Gasteiger partial charge on any atom is 3.00 e. The summed E-state index contributed by atoms with van der Waals surface area (Å²) in [5.74, 6) is -2.23. The molecule has 0 saturated heterocycles. The quantitative estimate of drug-likeness (QED) is 0.284. The first-order valence-corrected chi connectivity index (χ1v) is 13.9. The van der Waals surface area contributed by atoms with E-state index in [1.165, 1.54) is 0 Å². The van der Waals surface area contributed by atoms with E-state index in [-0.39, 0.29) is 35.1 Å². The summed E-state index contributed by atoms with van der Waals surface area (Å²) in [7, 11) is 0. The Labute approximate surface area is 239 Å². The Hall–Kier alpha value is -1.06. The topological polar surface area (TPSA) is 120 Å². The fraction of sp³-hybridized carbons (Fsp3) is 0.900. The fourth-order valence-electron chi connectivity index (χ4n) is 3.22. The zero-order valence-electron chi connectivity index (χ0n) is 26.1. The summed E-state index contributed by atoms with van der Waals surface area (Å²) in [4.78, 5) is 32.1. The number of carbonyl (C=O) groups excluding carboxylic acids is 3. The molecule has 37 heavy (non-hydrogen) atoms. The van der Waals surface area contributed by atoms with Gasteiger partial charge in [0.1, 0.15) is 0 Å². The Morgan fingerprint density at radius 2 is 0.676 bits per heavy atom. The van der Waals surface area contributed by atoms with Crippen molar-refractivity contribution in [2.24, 2.45) is 34.0 Å². The molecule has 0 aliphatic carbocycles. The maximum absolute atomic E-state index is 10.7. The summed E-state index contributed by atoms with van der Waals surface area (Å²) in [6, 6.07) is 0. The van der Waals surface area contributed by atoms with Gasteiger partial charge in [0.2, 0.25) is 0 Å². The van der Waals surface area contributed by atoms with E-state index in [4.69, 9.17) is 0 Å². The van der Waals surface area contributed by atoms with Crippen LogP contribution in [0.4, 0.5) is 0 Å². The molecule has 3 unspecified atom stereocenters. The second-order valence-corrected chi connectivity index (χ2v) is 12.2. The molecule has 0 radical (unpaired) electrons. The SMILES string of the molecule is CCCCC(C)C(C)(C)C(=O)[O-].CCCCC(C)C(C)(C)C(=O)[O-].CCCCC(C)C(C)(C)C(=O)[O-].[Al+3]. The molecular weight excluding hydrogens is 483 g/mol. The van der Waals surface area contributed by atoms with Gasteiger partial charge in [0, 0.05) is 34.2 Å². The molecule has 0 aromatic rings. The van der Waals surface area contributed by atoms with Crippen molar-refractivity contribution in [3.8, 4) is 0 Å². The summed E-state index contributed by atoms with van der Waals surface area (Å²) < 4.78 is 0. The smallest absolute Gasteiger partial charge is 0.550 e. The van der Waals surface area contributed by atoms with E-state index in [9.17, 15) is 29.7 Å². The van der Waals surface area contributed by atoms with E-state index in [0.717, 1.165) is 57.8 Å². The minimum absolute atomic E-state index is 0. The minimum atomic E-state index is -0.939. The molecule has 0 aromatic carbocycles. The Balaban J connectivity index is -0.000000218. The van der Waals surface area contributed by atoms with Crippen LogP contribution in [-0.4, -0.2) is 35.3 Å². The second kappa shape index (κ2) is 20.8. The molecule has 0 fully saturated rings. The summed E-state index contributed by atoms with van der Waals surface area (Å²) in [6.45, 7) is 22.7. The number of hydrogen-bond acceptors (Lipinski definition) is 6. The van der Waals surface area contributed by atoms with Crippen LogP contribution in [0, 0.1) is 34.0 Å². The molecule has 0 aromatic heterocycles. The molecule has 0 bridgehead atoms. The van der Waals surface area contributed by atoms with Gasteiger partial charge in [-0.15, -0.1) is 0 Å². The Morgan fingerprint density at radius 1 is 0.514 bits per heavy atom. The third-order valence-electron chi connectivity index (χ3n) is 8.25. The summed E-state index contributed by atoms with van der Waals surface area (Å²) in [5, 5.41) is 32.1. The standard InChI is InChI=1S/3C10H20O2.Al/c3*1-5-6-7-8(2)10(3,4)9(11)12;/h3*8H,5-7H2,1-4H3,(H,11,12);/q;;;+3/p-3. The normalized spacial score (nSPS) is 13.9. The van der Waals surface area contributed by atoms with Gasteiger partial charge in [0.25, 0.3) is 0 Å². The average Bonchev–Trinajstić information content (AvgIpc) is 2.79. The van der Waals surface area contributed by atoms with Gasteiger partial charge in [0.05, 0.1) is 0 Å². The van der Waals surface area contributed by atoms with Crippen LogP contribution in [-0.2, 0) is 14.4 Å². The Bertz CT molecular complexity index is 542. The van der Waals surface area contributed by atoms with Crippen LogP contribution in [0.3, 0.4) is 0 Å². The van der Waals surface area contributed by atoms with Gasteiger partial charge in [-0.25, -0.2) is 0 Å². The molecular formula is C30H57AlO6. The van der Waals surface area contributed by atoms with Crippen molar-refractivity contribution in [1.82, 2.24) is 0 Å². The molecule has 0 N–H and O–H groups in total. The predicted octanol–water partition coefficient (Wildman–Crippen LogP) is 4.39. The summed E-state index contributed by atoms with van der Waals surface area (Å²) in [6.07, 6.45) is 9.55. The third-order valence-corrected chi connectivity index (χ3v) is 8.25. The molecule has 216 valence electrons. The van der Waals surface area contributed by atoms with Crippen molar-refractivity contribution < 1.29 is 29.7 Å². The van der Waals surface area contributed by atoms with Gasteiger partial charge >= 0.3 is 17.4 Å². The summed E-state index contributed by atoms with van der Waals surface area (Å²) >= 11 is 0. The first-order valence-electron chi connectivity index (χ1n) is 13.9. The number of carboxylic acid groups (broad SMARTS) is 3. The van der Waals surface area contributed by atoms with Crippen molar-refractivity contribution in [2.45, 2.75) is 141 Å².